The highest BCUT2D eigenvalue weighted by Gasteiger charge is 2.21. The van der Waals surface area contributed by atoms with Crippen molar-refractivity contribution >= 4 is 0 Å². The highest BCUT2D eigenvalue weighted by Crippen LogP contribution is 2.39. The molecule has 0 heterocycles. The fraction of sp³-hybridized carbons (Fsp3) is 0.385. The third-order valence-corrected chi connectivity index (χ3v) is 10.1. The summed E-state index contributed by atoms with van der Waals surface area (Å²) < 4.78 is 0. The lowest BCUT2D eigenvalue weighted by Gasteiger charge is -2.18. The van der Waals surface area contributed by atoms with Gasteiger partial charge in [-0.15, -0.1) is 0 Å². The molecule has 4 aromatic rings. The quantitative estimate of drug-likeness (QED) is 0.0942. The summed E-state index contributed by atoms with van der Waals surface area (Å²) in [7, 11) is 0. The van der Waals surface area contributed by atoms with Crippen LogP contribution in [-0.2, 0) is 25.7 Å². The Morgan fingerprint density at radius 3 is 0.679 bits per heavy atom. The third kappa shape index (κ3) is 11.2. The number of aromatic hydroxyl groups is 4. The Balaban J connectivity index is 1.78. The molecule has 0 spiro atoms. The fourth-order valence-corrected chi connectivity index (χ4v) is 6.95. The predicted molar refractivity (Wildman–Crippen MR) is 229 cm³/mol. The molecule has 56 heavy (non-hydrogen) atoms. The highest BCUT2D eigenvalue weighted by atomic mass is 16.3. The molecule has 0 amide bonds. The lowest BCUT2D eigenvalue weighted by atomic mass is 9.88. The topological polar surface area (TPSA) is 80.9 Å². The van der Waals surface area contributed by atoms with E-state index in [4.69, 9.17) is 0 Å². The van der Waals surface area contributed by atoms with Crippen LogP contribution in [0.15, 0.2) is 48.5 Å². The first-order valence-corrected chi connectivity index (χ1v) is 20.6. The van der Waals surface area contributed by atoms with Gasteiger partial charge < -0.3 is 20.4 Å². The molecule has 0 fully saturated rings. The lowest BCUT2D eigenvalue weighted by molar-refractivity contribution is 0.450. The van der Waals surface area contributed by atoms with Gasteiger partial charge in [0.1, 0.15) is 23.0 Å². The van der Waals surface area contributed by atoms with Gasteiger partial charge in [-0.2, -0.15) is 0 Å². The van der Waals surface area contributed by atoms with E-state index >= 15 is 0 Å². The van der Waals surface area contributed by atoms with Crippen molar-refractivity contribution in [3.63, 3.8) is 0 Å². The molecule has 0 saturated heterocycles. The second-order valence-corrected chi connectivity index (χ2v) is 14.9. The van der Waals surface area contributed by atoms with E-state index < -0.39 is 0 Å². The van der Waals surface area contributed by atoms with Gasteiger partial charge in [0.15, 0.2) is 0 Å². The van der Waals surface area contributed by atoms with Gasteiger partial charge in [0.25, 0.3) is 0 Å². The van der Waals surface area contributed by atoms with Crippen LogP contribution in [0, 0.1) is 47.4 Å². The summed E-state index contributed by atoms with van der Waals surface area (Å²) in [6.07, 6.45) is 12.2. The molecule has 1 aliphatic rings. The second kappa shape index (κ2) is 20.8. The molecule has 4 N–H and O–H groups in total. The van der Waals surface area contributed by atoms with Gasteiger partial charge in [0.05, 0.1) is 0 Å². The molecule has 288 valence electrons. The van der Waals surface area contributed by atoms with Crippen molar-refractivity contribution in [2.24, 2.45) is 0 Å². The maximum Gasteiger partial charge on any atom is 0.122 e. The first kappa shape index (κ1) is 41.5. The molecule has 0 aliphatic heterocycles. The van der Waals surface area contributed by atoms with Gasteiger partial charge in [-0.25, -0.2) is 0 Å². The zero-order chi connectivity index (χ0) is 39.9. The zero-order valence-corrected chi connectivity index (χ0v) is 33.7. The Kier molecular flexibility index (Phi) is 15.4. The van der Waals surface area contributed by atoms with Gasteiger partial charge in [0.2, 0.25) is 0 Å². The fourth-order valence-electron chi connectivity index (χ4n) is 6.95. The Hall–Kier alpha value is -5.68. The summed E-state index contributed by atoms with van der Waals surface area (Å²) in [5.41, 5.74) is 8.04. The first-order chi connectivity index (χ1) is 27.2. The molecule has 8 bridgehead atoms. The average molecular weight is 745 g/mol. The molecular formula is C52H56O4. The number of unbranched alkanes of at least 4 members (excludes halogenated alkanes) is 8. The zero-order valence-electron chi connectivity index (χ0n) is 33.7. The highest BCUT2D eigenvalue weighted by molar-refractivity contribution is 5.61. The van der Waals surface area contributed by atoms with Crippen molar-refractivity contribution in [3.05, 3.63) is 115 Å². The van der Waals surface area contributed by atoms with Crippen molar-refractivity contribution < 1.29 is 20.4 Å². The lowest BCUT2D eigenvalue weighted by Crippen LogP contribution is -2.03. The monoisotopic (exact) mass is 744 g/mol. The third-order valence-electron chi connectivity index (χ3n) is 10.1. The summed E-state index contributed by atoms with van der Waals surface area (Å²) in [6.45, 7) is 8.57. The van der Waals surface area contributed by atoms with Crippen molar-refractivity contribution in [2.75, 3.05) is 0 Å². The Morgan fingerprint density at radius 2 is 0.518 bits per heavy atom. The van der Waals surface area contributed by atoms with Gasteiger partial charge in [-0.05, 0) is 119 Å². The van der Waals surface area contributed by atoms with Gasteiger partial charge in [-0.1, -0.05) is 101 Å². The summed E-state index contributed by atoms with van der Waals surface area (Å²) in [4.78, 5) is 0. The molecule has 0 atom stereocenters. The van der Waals surface area contributed by atoms with Crippen LogP contribution in [0.3, 0.4) is 0 Å². The molecule has 0 unspecified atom stereocenters. The summed E-state index contributed by atoms with van der Waals surface area (Å²) in [5, 5.41) is 47.8. The molecule has 0 aromatic heterocycles. The number of rotatable bonds is 8. The number of phenolic OH excluding ortho intramolecular Hbond substituents is 4. The smallest absolute Gasteiger partial charge is 0.122 e. The molecule has 0 radical (unpaired) electrons. The van der Waals surface area contributed by atoms with Crippen molar-refractivity contribution in [3.8, 4) is 70.4 Å². The van der Waals surface area contributed by atoms with Crippen LogP contribution in [-0.4, -0.2) is 20.4 Å². The minimum atomic E-state index is 0.103. The first-order valence-electron chi connectivity index (χ1n) is 20.6. The minimum absolute atomic E-state index is 0.103. The number of hydrogen-bond acceptors (Lipinski definition) is 4. The Labute approximate surface area is 335 Å². The number of fused-ring (bicyclic) bond motifs is 8. The maximum absolute atomic E-state index is 11.9. The van der Waals surface area contributed by atoms with Crippen molar-refractivity contribution in [1.82, 2.24) is 0 Å². The number of benzene rings is 4. The Morgan fingerprint density at radius 1 is 0.339 bits per heavy atom. The largest absolute Gasteiger partial charge is 0.507 e. The van der Waals surface area contributed by atoms with Gasteiger partial charge >= 0.3 is 0 Å². The van der Waals surface area contributed by atoms with Crippen LogP contribution >= 0.6 is 0 Å². The SMILES string of the molecule is CCCCC#Cc1cc2c(O)c(c1)Cc1cc(C#CCCCC)cc(c1O)Cc1cc(C#CCCCC)cc(c1O)Cc1cc(C#CCCCC)cc(c1O)C2. The van der Waals surface area contributed by atoms with Crippen LogP contribution in [0.1, 0.15) is 172 Å². The molecule has 5 rings (SSSR count). The molecule has 4 nitrogen and oxygen atoms in total. The van der Waals surface area contributed by atoms with Crippen LogP contribution in [0.4, 0.5) is 0 Å². The standard InChI is InChI=1S/C52H56O4/c1-5-9-13-17-21-37-25-41-33-43-27-38(22-18-14-10-6-2)29-45(50(43)54)35-47-31-40(24-20-16-12-8-4)32-48(52(47)56)36-46-30-39(23-19-15-11-7-3)28-44(51(46)55)34-42(26-37)49(41)53/h25-32,53-56H,5-16,33-36H2,1-4H3. The molecular weight excluding hydrogens is 689 g/mol. The normalized spacial score (nSPS) is 11.5. The number of hydrogen-bond donors (Lipinski definition) is 4. The van der Waals surface area contributed by atoms with Gasteiger partial charge in [-0.3, -0.25) is 0 Å². The number of phenols is 4. The van der Waals surface area contributed by atoms with Crippen LogP contribution in [0.25, 0.3) is 0 Å². The van der Waals surface area contributed by atoms with Crippen LogP contribution in [0.2, 0.25) is 0 Å². The summed E-state index contributed by atoms with van der Waals surface area (Å²) in [6, 6.07) is 15.2. The van der Waals surface area contributed by atoms with Gasteiger partial charge in [0, 0.05) is 73.6 Å². The predicted octanol–water partition coefficient (Wildman–Crippen LogP) is 11.4. The van der Waals surface area contributed by atoms with E-state index in [0.29, 0.717) is 44.5 Å². The van der Waals surface area contributed by atoms with E-state index in [1.54, 1.807) is 0 Å². The maximum atomic E-state index is 11.9. The van der Waals surface area contributed by atoms with E-state index in [9.17, 15) is 20.4 Å². The van der Waals surface area contributed by atoms with E-state index in [1.807, 2.05) is 48.5 Å². The van der Waals surface area contributed by atoms with E-state index in [1.165, 1.54) is 0 Å². The van der Waals surface area contributed by atoms with E-state index in [2.05, 4.69) is 75.1 Å². The van der Waals surface area contributed by atoms with E-state index in [-0.39, 0.29) is 48.7 Å². The molecule has 1 aliphatic carbocycles. The second-order valence-electron chi connectivity index (χ2n) is 14.9. The van der Waals surface area contributed by atoms with Crippen LogP contribution in [0.5, 0.6) is 23.0 Å². The minimum Gasteiger partial charge on any atom is -0.507 e. The molecule has 4 aromatic carbocycles. The van der Waals surface area contributed by atoms with E-state index in [0.717, 1.165) is 99.3 Å². The Bertz CT molecular complexity index is 1860. The van der Waals surface area contributed by atoms with Crippen molar-refractivity contribution in [1.29, 1.82) is 0 Å². The van der Waals surface area contributed by atoms with Crippen LogP contribution < -0.4 is 0 Å². The average Bonchev–Trinajstić information content (AvgIpc) is 3.18. The molecule has 4 heteroatoms. The summed E-state index contributed by atoms with van der Waals surface area (Å²) in [5.74, 6) is 26.9. The molecule has 0 saturated carbocycles. The van der Waals surface area contributed by atoms with Crippen molar-refractivity contribution in [2.45, 2.75) is 130 Å². The summed E-state index contributed by atoms with van der Waals surface area (Å²) >= 11 is 0.